The minimum Gasteiger partial charge on any atom is -0.460 e. The molecule has 0 atom stereocenters. The number of esters is 1. The Morgan fingerprint density at radius 3 is 2.76 bits per heavy atom. The lowest BCUT2D eigenvalue weighted by atomic mass is 9.95. The molecule has 0 bridgehead atoms. The fraction of sp³-hybridized carbons (Fsp3) is 0.167. The Hall–Kier alpha value is -2.04. The van der Waals surface area contributed by atoms with E-state index in [1.807, 2.05) is 32.1 Å². The standard InChI is InChI=1S/C12H13BN2O2/c1-2-17-12(16)11-14-7-10(15-11)8-3-5-9(13)6-4-8/h3-7H,2,13H2,1H3,(H,14,15). The van der Waals surface area contributed by atoms with E-state index >= 15 is 0 Å². The fourth-order valence-electron chi connectivity index (χ4n) is 1.50. The number of hydrogen-bond donors (Lipinski definition) is 1. The highest BCUT2D eigenvalue weighted by molar-refractivity contribution is 6.32. The Bertz CT molecular complexity index is 520. The van der Waals surface area contributed by atoms with Crippen LogP contribution in [-0.2, 0) is 4.74 Å². The summed E-state index contributed by atoms with van der Waals surface area (Å²) in [5.74, 6) is -0.187. The highest BCUT2D eigenvalue weighted by Gasteiger charge is 2.11. The van der Waals surface area contributed by atoms with Gasteiger partial charge in [0.25, 0.3) is 0 Å². The van der Waals surface area contributed by atoms with Gasteiger partial charge in [0.1, 0.15) is 7.85 Å². The molecule has 4 nitrogen and oxygen atoms in total. The van der Waals surface area contributed by atoms with Gasteiger partial charge in [0, 0.05) is 11.8 Å². The van der Waals surface area contributed by atoms with Gasteiger partial charge in [-0.2, -0.15) is 0 Å². The fourth-order valence-corrected chi connectivity index (χ4v) is 1.50. The second-order valence-electron chi connectivity index (χ2n) is 3.72. The van der Waals surface area contributed by atoms with Gasteiger partial charge in [0.05, 0.1) is 12.3 Å². The smallest absolute Gasteiger partial charge is 0.374 e. The molecule has 0 spiro atoms. The van der Waals surface area contributed by atoms with E-state index in [-0.39, 0.29) is 5.82 Å². The zero-order valence-corrected chi connectivity index (χ0v) is 9.86. The number of imidazole rings is 1. The first-order valence-corrected chi connectivity index (χ1v) is 5.50. The highest BCUT2D eigenvalue weighted by atomic mass is 16.5. The summed E-state index contributed by atoms with van der Waals surface area (Å²) in [5, 5.41) is 0. The van der Waals surface area contributed by atoms with Crippen molar-refractivity contribution in [2.24, 2.45) is 0 Å². The van der Waals surface area contributed by atoms with E-state index in [1.54, 1.807) is 13.1 Å². The van der Waals surface area contributed by atoms with Crippen molar-refractivity contribution in [2.75, 3.05) is 6.61 Å². The average molecular weight is 228 g/mol. The summed E-state index contributed by atoms with van der Waals surface area (Å²) in [7, 11) is 2.03. The third-order valence-electron chi connectivity index (χ3n) is 2.39. The summed E-state index contributed by atoms with van der Waals surface area (Å²) in [5.41, 5.74) is 2.91. The first-order valence-electron chi connectivity index (χ1n) is 5.50. The highest BCUT2D eigenvalue weighted by Crippen LogP contribution is 2.15. The van der Waals surface area contributed by atoms with Crippen molar-refractivity contribution in [1.29, 1.82) is 0 Å². The van der Waals surface area contributed by atoms with Crippen LogP contribution in [-0.4, -0.2) is 30.4 Å². The number of carbonyl (C=O) groups is 1. The van der Waals surface area contributed by atoms with Gasteiger partial charge in [-0.1, -0.05) is 29.7 Å². The molecule has 17 heavy (non-hydrogen) atoms. The van der Waals surface area contributed by atoms with E-state index < -0.39 is 5.97 Å². The lowest BCUT2D eigenvalue weighted by Gasteiger charge is -1.97. The van der Waals surface area contributed by atoms with Crippen LogP contribution in [0.3, 0.4) is 0 Å². The maximum atomic E-state index is 11.4. The van der Waals surface area contributed by atoms with Crippen LogP contribution in [0.2, 0.25) is 0 Å². The van der Waals surface area contributed by atoms with E-state index in [2.05, 4.69) is 9.97 Å². The van der Waals surface area contributed by atoms with E-state index in [1.165, 1.54) is 5.46 Å². The number of nitrogens with one attached hydrogen (secondary N) is 1. The van der Waals surface area contributed by atoms with E-state index in [4.69, 9.17) is 4.74 Å². The molecule has 2 rings (SSSR count). The second-order valence-corrected chi connectivity index (χ2v) is 3.72. The van der Waals surface area contributed by atoms with Crippen LogP contribution in [0, 0.1) is 0 Å². The van der Waals surface area contributed by atoms with Crippen LogP contribution in [0.15, 0.2) is 30.5 Å². The van der Waals surface area contributed by atoms with Gasteiger partial charge >= 0.3 is 5.97 Å². The molecule has 0 amide bonds. The molecule has 0 saturated heterocycles. The average Bonchev–Trinajstić information content (AvgIpc) is 2.80. The summed E-state index contributed by atoms with van der Waals surface area (Å²) in [6.45, 7) is 2.11. The number of rotatable bonds is 3. The van der Waals surface area contributed by atoms with E-state index in [0.29, 0.717) is 6.61 Å². The molecule has 86 valence electrons. The molecule has 5 heteroatoms. The molecule has 0 radical (unpaired) electrons. The minimum atomic E-state index is -0.425. The first-order chi connectivity index (χ1) is 8.20. The summed E-state index contributed by atoms with van der Waals surface area (Å²) in [6, 6.07) is 7.96. The SMILES string of the molecule is Bc1ccc(-c2c[nH]c(C(=O)OCC)n2)cc1. The molecule has 1 aromatic heterocycles. The monoisotopic (exact) mass is 228 g/mol. The molecular formula is C12H13BN2O2. The van der Waals surface area contributed by atoms with Crippen molar-refractivity contribution in [3.63, 3.8) is 0 Å². The molecule has 0 aliphatic rings. The first kappa shape index (κ1) is 11.5. The predicted octanol–water partition coefficient (Wildman–Crippen LogP) is 0.512. The van der Waals surface area contributed by atoms with Crippen LogP contribution < -0.4 is 5.46 Å². The van der Waals surface area contributed by atoms with Crippen molar-refractivity contribution in [2.45, 2.75) is 6.92 Å². The van der Waals surface area contributed by atoms with Crippen molar-refractivity contribution in [1.82, 2.24) is 9.97 Å². The Labute approximate surface area is 100 Å². The lowest BCUT2D eigenvalue weighted by Crippen LogP contribution is -2.06. The molecule has 0 saturated carbocycles. The van der Waals surface area contributed by atoms with Crippen LogP contribution in [0.25, 0.3) is 11.3 Å². The normalized spacial score (nSPS) is 10.2. The Balaban J connectivity index is 2.23. The van der Waals surface area contributed by atoms with Crippen LogP contribution >= 0.6 is 0 Å². The Kier molecular flexibility index (Phi) is 3.28. The van der Waals surface area contributed by atoms with Crippen LogP contribution in [0.1, 0.15) is 17.5 Å². The zero-order valence-electron chi connectivity index (χ0n) is 9.86. The van der Waals surface area contributed by atoms with Gasteiger partial charge in [0.2, 0.25) is 5.82 Å². The maximum Gasteiger partial charge on any atom is 0.374 e. The number of carbonyl (C=O) groups excluding carboxylic acids is 1. The molecule has 1 N–H and O–H groups in total. The number of H-pyrrole nitrogens is 1. The number of benzene rings is 1. The number of ether oxygens (including phenoxy) is 1. The van der Waals surface area contributed by atoms with Gasteiger partial charge in [-0.15, -0.1) is 0 Å². The molecule has 0 unspecified atom stereocenters. The third-order valence-corrected chi connectivity index (χ3v) is 2.39. The number of aromatic nitrogens is 2. The molecular weight excluding hydrogens is 215 g/mol. The van der Waals surface area contributed by atoms with Gasteiger partial charge < -0.3 is 9.72 Å². The summed E-state index contributed by atoms with van der Waals surface area (Å²) in [6.07, 6.45) is 1.71. The van der Waals surface area contributed by atoms with Gasteiger partial charge in [-0.3, -0.25) is 0 Å². The van der Waals surface area contributed by atoms with Crippen LogP contribution in [0.4, 0.5) is 0 Å². The van der Waals surface area contributed by atoms with Crippen molar-refractivity contribution < 1.29 is 9.53 Å². The van der Waals surface area contributed by atoms with Crippen molar-refractivity contribution in [3.05, 3.63) is 36.3 Å². The number of nitrogens with zero attached hydrogens (tertiary/aromatic N) is 1. The molecule has 0 aliphatic carbocycles. The van der Waals surface area contributed by atoms with Gasteiger partial charge in [0.15, 0.2) is 0 Å². The second kappa shape index (κ2) is 4.87. The van der Waals surface area contributed by atoms with E-state index in [0.717, 1.165) is 11.3 Å². The third kappa shape index (κ3) is 2.56. The minimum absolute atomic E-state index is 0.238. The summed E-state index contributed by atoms with van der Waals surface area (Å²) < 4.78 is 4.86. The summed E-state index contributed by atoms with van der Waals surface area (Å²) >= 11 is 0. The number of hydrogen-bond acceptors (Lipinski definition) is 3. The van der Waals surface area contributed by atoms with Crippen molar-refractivity contribution >= 4 is 19.3 Å². The Morgan fingerprint density at radius 1 is 1.41 bits per heavy atom. The Morgan fingerprint density at radius 2 is 2.12 bits per heavy atom. The topological polar surface area (TPSA) is 55.0 Å². The number of aromatic amines is 1. The summed E-state index contributed by atoms with van der Waals surface area (Å²) in [4.78, 5) is 18.4. The van der Waals surface area contributed by atoms with Gasteiger partial charge in [-0.25, -0.2) is 9.78 Å². The largest absolute Gasteiger partial charge is 0.460 e. The molecule has 1 aromatic carbocycles. The van der Waals surface area contributed by atoms with Crippen molar-refractivity contribution in [3.8, 4) is 11.3 Å². The van der Waals surface area contributed by atoms with E-state index in [9.17, 15) is 4.79 Å². The molecule has 0 fully saturated rings. The quantitative estimate of drug-likeness (QED) is 0.615. The van der Waals surface area contributed by atoms with Crippen LogP contribution in [0.5, 0.6) is 0 Å². The lowest BCUT2D eigenvalue weighted by molar-refractivity contribution is 0.0513. The molecule has 0 aliphatic heterocycles. The molecule has 1 heterocycles. The zero-order chi connectivity index (χ0) is 12.3. The maximum absolute atomic E-state index is 11.4. The van der Waals surface area contributed by atoms with Gasteiger partial charge in [-0.05, 0) is 6.92 Å². The molecule has 2 aromatic rings. The predicted molar refractivity (Wildman–Crippen MR) is 68.2 cm³/mol.